The van der Waals surface area contributed by atoms with Crippen molar-refractivity contribution in [3.8, 4) is 0 Å². The van der Waals surface area contributed by atoms with Crippen LogP contribution < -0.4 is 5.32 Å². The zero-order valence-electron chi connectivity index (χ0n) is 11.0. The predicted molar refractivity (Wildman–Crippen MR) is 62.4 cm³/mol. The zero-order chi connectivity index (χ0) is 14.2. The van der Waals surface area contributed by atoms with Crippen LogP contribution in [-0.4, -0.2) is 50.0 Å². The van der Waals surface area contributed by atoms with Crippen LogP contribution in [0.25, 0.3) is 0 Å². The first-order valence-corrected chi connectivity index (χ1v) is 5.90. The second-order valence-corrected chi connectivity index (χ2v) is 4.40. The molecule has 0 spiro atoms. The SMILES string of the molecule is CC(C)N(C)CCCCNC(=O)OCC(F)(F)F. The van der Waals surface area contributed by atoms with Crippen molar-refractivity contribution in [2.24, 2.45) is 0 Å². The van der Waals surface area contributed by atoms with Crippen LogP contribution in [0, 0.1) is 0 Å². The van der Waals surface area contributed by atoms with Crippen molar-refractivity contribution >= 4 is 6.09 Å². The number of halogens is 3. The number of rotatable bonds is 7. The van der Waals surface area contributed by atoms with E-state index < -0.39 is 18.9 Å². The van der Waals surface area contributed by atoms with Crippen molar-refractivity contribution in [1.29, 1.82) is 0 Å². The van der Waals surface area contributed by atoms with E-state index in [2.05, 4.69) is 28.8 Å². The third-order valence-corrected chi connectivity index (χ3v) is 2.46. The largest absolute Gasteiger partial charge is 0.440 e. The summed E-state index contributed by atoms with van der Waals surface area (Å²) < 4.78 is 39.1. The molecule has 0 fully saturated rings. The second kappa shape index (κ2) is 8.18. The summed E-state index contributed by atoms with van der Waals surface area (Å²) in [4.78, 5) is 13.0. The molecule has 0 saturated heterocycles. The van der Waals surface area contributed by atoms with E-state index in [-0.39, 0.29) is 0 Å². The van der Waals surface area contributed by atoms with Crippen LogP contribution in [0.15, 0.2) is 0 Å². The number of amides is 1. The number of ether oxygens (including phenoxy) is 1. The number of carbonyl (C=O) groups excluding carboxylic acids is 1. The van der Waals surface area contributed by atoms with Crippen molar-refractivity contribution < 1.29 is 22.7 Å². The molecule has 4 nitrogen and oxygen atoms in total. The Morgan fingerprint density at radius 1 is 1.33 bits per heavy atom. The molecule has 0 aromatic carbocycles. The minimum atomic E-state index is -4.47. The lowest BCUT2D eigenvalue weighted by molar-refractivity contribution is -0.160. The maximum atomic E-state index is 11.7. The lowest BCUT2D eigenvalue weighted by Gasteiger charge is -2.20. The molecule has 0 aliphatic carbocycles. The molecular weight excluding hydrogens is 249 g/mol. The van der Waals surface area contributed by atoms with Gasteiger partial charge >= 0.3 is 12.3 Å². The summed E-state index contributed by atoms with van der Waals surface area (Å²) in [6, 6.07) is 0.453. The predicted octanol–water partition coefficient (Wildman–Crippen LogP) is 2.40. The molecule has 18 heavy (non-hydrogen) atoms. The first-order valence-electron chi connectivity index (χ1n) is 5.90. The molecular formula is C11H21F3N2O2. The molecule has 0 unspecified atom stereocenters. The molecule has 0 aliphatic heterocycles. The van der Waals surface area contributed by atoms with Gasteiger partial charge in [0.25, 0.3) is 0 Å². The van der Waals surface area contributed by atoms with Crippen molar-refractivity contribution in [2.75, 3.05) is 26.7 Å². The Morgan fingerprint density at radius 3 is 2.44 bits per heavy atom. The van der Waals surface area contributed by atoms with E-state index in [0.29, 0.717) is 19.0 Å². The monoisotopic (exact) mass is 270 g/mol. The van der Waals surface area contributed by atoms with Gasteiger partial charge in [0.2, 0.25) is 0 Å². The van der Waals surface area contributed by atoms with Gasteiger partial charge in [-0.05, 0) is 40.3 Å². The van der Waals surface area contributed by atoms with Gasteiger partial charge in [0.15, 0.2) is 6.61 Å². The highest BCUT2D eigenvalue weighted by Gasteiger charge is 2.29. The van der Waals surface area contributed by atoms with E-state index in [9.17, 15) is 18.0 Å². The van der Waals surface area contributed by atoms with Gasteiger partial charge in [0.1, 0.15) is 0 Å². The summed E-state index contributed by atoms with van der Waals surface area (Å²) in [5, 5.41) is 2.28. The Morgan fingerprint density at radius 2 is 1.94 bits per heavy atom. The molecule has 108 valence electrons. The highest BCUT2D eigenvalue weighted by Crippen LogP contribution is 2.14. The summed E-state index contributed by atoms with van der Waals surface area (Å²) in [7, 11) is 2.00. The van der Waals surface area contributed by atoms with Crippen LogP contribution in [0.4, 0.5) is 18.0 Å². The van der Waals surface area contributed by atoms with Crippen molar-refractivity contribution in [1.82, 2.24) is 10.2 Å². The van der Waals surface area contributed by atoms with Gasteiger partial charge in [-0.25, -0.2) is 4.79 Å². The number of nitrogens with zero attached hydrogens (tertiary/aromatic N) is 1. The molecule has 0 saturated carbocycles. The van der Waals surface area contributed by atoms with E-state index in [1.54, 1.807) is 0 Å². The average Bonchev–Trinajstić information content (AvgIpc) is 2.24. The molecule has 0 radical (unpaired) electrons. The Hall–Kier alpha value is -0.980. The summed E-state index contributed by atoms with van der Waals surface area (Å²) in [5.74, 6) is 0. The van der Waals surface area contributed by atoms with Gasteiger partial charge in [-0.1, -0.05) is 0 Å². The third-order valence-electron chi connectivity index (χ3n) is 2.46. The molecule has 0 heterocycles. The topological polar surface area (TPSA) is 41.6 Å². The number of nitrogens with one attached hydrogen (secondary N) is 1. The lowest BCUT2D eigenvalue weighted by Crippen LogP contribution is -2.31. The fourth-order valence-corrected chi connectivity index (χ4v) is 1.13. The number of carbonyl (C=O) groups is 1. The van der Waals surface area contributed by atoms with Crippen molar-refractivity contribution in [3.05, 3.63) is 0 Å². The molecule has 0 bridgehead atoms. The van der Waals surface area contributed by atoms with Crippen LogP contribution in [0.1, 0.15) is 26.7 Å². The zero-order valence-corrected chi connectivity index (χ0v) is 11.0. The molecule has 0 rings (SSSR count). The summed E-state index contributed by atoms with van der Waals surface area (Å²) >= 11 is 0. The Bertz CT molecular complexity index is 245. The fraction of sp³-hybridized carbons (Fsp3) is 0.909. The van der Waals surface area contributed by atoms with Crippen LogP contribution >= 0.6 is 0 Å². The highest BCUT2D eigenvalue weighted by molar-refractivity contribution is 5.67. The Labute approximate surface area is 105 Å². The van der Waals surface area contributed by atoms with Gasteiger partial charge < -0.3 is 15.0 Å². The van der Waals surface area contributed by atoms with Gasteiger partial charge in [0.05, 0.1) is 0 Å². The van der Waals surface area contributed by atoms with E-state index in [0.717, 1.165) is 13.0 Å². The highest BCUT2D eigenvalue weighted by atomic mass is 19.4. The van der Waals surface area contributed by atoms with E-state index in [1.807, 2.05) is 7.05 Å². The standard InChI is InChI=1S/C11H21F3N2O2/c1-9(2)16(3)7-5-4-6-15-10(17)18-8-11(12,13)14/h9H,4-8H2,1-3H3,(H,15,17). The Kier molecular flexibility index (Phi) is 7.73. The van der Waals surface area contributed by atoms with Gasteiger partial charge in [-0.2, -0.15) is 13.2 Å². The van der Waals surface area contributed by atoms with Crippen molar-refractivity contribution in [2.45, 2.75) is 38.9 Å². The number of unbranched alkanes of at least 4 members (excludes halogenated alkanes) is 1. The minimum Gasteiger partial charge on any atom is -0.440 e. The van der Waals surface area contributed by atoms with E-state index >= 15 is 0 Å². The van der Waals surface area contributed by atoms with Crippen LogP contribution in [0.2, 0.25) is 0 Å². The Balaban J connectivity index is 3.47. The molecule has 0 aromatic heterocycles. The average molecular weight is 270 g/mol. The number of alkyl halides is 3. The summed E-state index contributed by atoms with van der Waals surface area (Å²) in [6.45, 7) is 3.81. The molecule has 0 atom stereocenters. The molecule has 0 aromatic rings. The third kappa shape index (κ3) is 10.2. The molecule has 7 heteroatoms. The fourth-order valence-electron chi connectivity index (χ4n) is 1.13. The van der Waals surface area contributed by atoms with Crippen LogP contribution in [-0.2, 0) is 4.74 Å². The molecule has 0 aliphatic rings. The smallest absolute Gasteiger partial charge is 0.422 e. The number of hydrogen-bond donors (Lipinski definition) is 1. The summed E-state index contributed by atoms with van der Waals surface area (Å²) in [5.41, 5.74) is 0. The van der Waals surface area contributed by atoms with Crippen LogP contribution in [0.3, 0.4) is 0 Å². The van der Waals surface area contributed by atoms with E-state index in [4.69, 9.17) is 0 Å². The van der Waals surface area contributed by atoms with Crippen LogP contribution in [0.5, 0.6) is 0 Å². The maximum absolute atomic E-state index is 11.7. The molecule has 1 amide bonds. The summed E-state index contributed by atoms with van der Waals surface area (Å²) in [6.07, 6.45) is -3.92. The molecule has 1 N–H and O–H groups in total. The van der Waals surface area contributed by atoms with Gasteiger partial charge in [-0.3, -0.25) is 0 Å². The first kappa shape index (κ1) is 17.0. The maximum Gasteiger partial charge on any atom is 0.422 e. The number of hydrogen-bond acceptors (Lipinski definition) is 3. The quantitative estimate of drug-likeness (QED) is 0.722. The number of alkyl carbamates (subject to hydrolysis) is 1. The van der Waals surface area contributed by atoms with Gasteiger partial charge in [0, 0.05) is 12.6 Å². The van der Waals surface area contributed by atoms with Crippen molar-refractivity contribution in [3.63, 3.8) is 0 Å². The normalized spacial score (nSPS) is 12.0. The first-order chi connectivity index (χ1) is 8.22. The minimum absolute atomic E-state index is 0.322. The second-order valence-electron chi connectivity index (χ2n) is 4.40. The van der Waals surface area contributed by atoms with Gasteiger partial charge in [-0.15, -0.1) is 0 Å². The van der Waals surface area contributed by atoms with E-state index in [1.165, 1.54) is 0 Å². The lowest BCUT2D eigenvalue weighted by atomic mass is 10.2.